The molecule has 6 nitrogen and oxygen atoms in total. The number of halogens is 2. The van der Waals surface area contributed by atoms with Crippen LogP contribution < -0.4 is 9.47 Å². The zero-order valence-corrected chi connectivity index (χ0v) is 34.1. The van der Waals surface area contributed by atoms with E-state index in [1.807, 2.05) is 74.5 Å². The van der Waals surface area contributed by atoms with Crippen LogP contribution in [0.1, 0.15) is 58.1 Å². The second-order valence-corrected chi connectivity index (χ2v) is 18.7. The Bertz CT molecular complexity index is 2440. The lowest BCUT2D eigenvalue weighted by atomic mass is 9.88. The van der Waals surface area contributed by atoms with Gasteiger partial charge in [-0.25, -0.2) is 16.8 Å². The molecule has 0 saturated heterocycles. The molecular weight excluding hydrogens is 772 g/mol. The molecule has 0 aliphatic rings. The fraction of sp³-hybridized carbons (Fsp3) is 0.200. The normalized spacial score (nSPS) is 13.2. The van der Waals surface area contributed by atoms with Crippen molar-refractivity contribution in [2.24, 2.45) is 0 Å². The number of rotatable bonds is 14. The summed E-state index contributed by atoms with van der Waals surface area (Å²) in [5.74, 6) is 1.82. The topological polar surface area (TPSA) is 86.7 Å². The van der Waals surface area contributed by atoms with Gasteiger partial charge in [0.05, 0.1) is 24.5 Å². The molecule has 6 aromatic rings. The van der Waals surface area contributed by atoms with Gasteiger partial charge in [-0.15, -0.1) is 11.6 Å². The summed E-state index contributed by atoms with van der Waals surface area (Å²) in [6, 6.07) is 41.7. The molecule has 0 bridgehead atoms. The molecule has 0 aliphatic heterocycles. The van der Waals surface area contributed by atoms with Crippen molar-refractivity contribution < 1.29 is 26.3 Å². The Labute approximate surface area is 334 Å². The lowest BCUT2D eigenvalue weighted by molar-refractivity contribution is 0.0573. The molecule has 1 atom stereocenters. The minimum Gasteiger partial charge on any atom is -0.483 e. The van der Waals surface area contributed by atoms with Gasteiger partial charge in [0.15, 0.2) is 0 Å². The van der Waals surface area contributed by atoms with E-state index in [0.717, 1.165) is 28.7 Å². The predicted octanol–water partition coefficient (Wildman–Crippen LogP) is 12.4. The Morgan fingerprint density at radius 2 is 0.818 bits per heavy atom. The molecule has 284 valence electrons. The molecule has 0 radical (unpaired) electrons. The molecule has 0 aromatic heterocycles. The van der Waals surface area contributed by atoms with E-state index in [2.05, 4.69) is 13.8 Å². The Morgan fingerprint density at radius 1 is 0.473 bits per heavy atom. The van der Waals surface area contributed by atoms with E-state index in [-0.39, 0.29) is 19.6 Å². The van der Waals surface area contributed by atoms with E-state index in [9.17, 15) is 16.8 Å². The summed E-state index contributed by atoms with van der Waals surface area (Å²) in [4.78, 5) is 0.215. The van der Waals surface area contributed by atoms with Gasteiger partial charge in [0.2, 0.25) is 19.7 Å². The first-order valence-corrected chi connectivity index (χ1v) is 21.8. The van der Waals surface area contributed by atoms with Gasteiger partial charge >= 0.3 is 0 Å². The number of ether oxygens (including phenoxy) is 2. The molecule has 0 spiro atoms. The van der Waals surface area contributed by atoms with Gasteiger partial charge < -0.3 is 9.47 Å². The van der Waals surface area contributed by atoms with Crippen LogP contribution >= 0.6 is 23.2 Å². The lowest BCUT2D eigenvalue weighted by Gasteiger charge is -2.33. The Hall–Kier alpha value is -4.60. The van der Waals surface area contributed by atoms with Crippen molar-refractivity contribution >= 4 is 42.9 Å². The Morgan fingerprint density at radius 3 is 1.22 bits per heavy atom. The highest BCUT2D eigenvalue weighted by Gasteiger charge is 2.32. The average Bonchev–Trinajstić information content (AvgIpc) is 3.21. The van der Waals surface area contributed by atoms with Crippen molar-refractivity contribution in [2.75, 3.05) is 0 Å². The van der Waals surface area contributed by atoms with E-state index < -0.39 is 30.1 Å². The van der Waals surface area contributed by atoms with Gasteiger partial charge in [-0.1, -0.05) is 80.9 Å². The number of benzene rings is 6. The standard InChI is InChI=1S/C45H42Cl2O6S2/c1-5-44(4,47)34-12-24-40(25-13-34)55(50,51)43-30-22-38(23-31-43)52-37-18-8-32(9-19-37)33-10-20-39(21-11-33)53-45(6-2,7-3)35-14-26-41(27-15-35)54(48,49)42-28-16-36(46)17-29-42/h8-31H,5-7H2,1-4H3. The molecule has 6 aromatic carbocycles. The zero-order chi connectivity index (χ0) is 39.4. The maximum Gasteiger partial charge on any atom is 0.206 e. The summed E-state index contributed by atoms with van der Waals surface area (Å²) in [6.07, 6.45) is 2.07. The van der Waals surface area contributed by atoms with Crippen LogP contribution in [0.15, 0.2) is 165 Å². The van der Waals surface area contributed by atoms with Crippen molar-refractivity contribution in [3.63, 3.8) is 0 Å². The summed E-state index contributed by atoms with van der Waals surface area (Å²) in [5, 5.41) is 0.474. The van der Waals surface area contributed by atoms with Crippen LogP contribution in [0.3, 0.4) is 0 Å². The third-order valence-electron chi connectivity index (χ3n) is 10.1. The van der Waals surface area contributed by atoms with Gasteiger partial charge in [-0.2, -0.15) is 0 Å². The van der Waals surface area contributed by atoms with Gasteiger partial charge in [0, 0.05) is 5.02 Å². The molecule has 0 heterocycles. The van der Waals surface area contributed by atoms with Crippen molar-refractivity contribution in [1.82, 2.24) is 0 Å². The SMILES string of the molecule is CCC(C)(Cl)c1ccc(S(=O)(=O)c2ccc(Oc3ccc(-c4ccc(OC(CC)(CC)c5ccc(S(=O)(=O)c6ccc(Cl)cc6)cc5)cc4)cc3)cc2)cc1. The molecular formula is C45H42Cl2O6S2. The van der Waals surface area contributed by atoms with Crippen LogP contribution in [0.4, 0.5) is 0 Å². The average molecular weight is 814 g/mol. The highest BCUT2D eigenvalue weighted by atomic mass is 35.5. The summed E-state index contributed by atoms with van der Waals surface area (Å²) in [6.45, 7) is 8.01. The Balaban J connectivity index is 1.10. The van der Waals surface area contributed by atoms with Crippen molar-refractivity contribution in [3.05, 3.63) is 162 Å². The van der Waals surface area contributed by atoms with E-state index in [1.54, 1.807) is 72.8 Å². The van der Waals surface area contributed by atoms with Gasteiger partial charge in [-0.05, 0) is 146 Å². The van der Waals surface area contributed by atoms with Crippen molar-refractivity contribution in [3.8, 4) is 28.4 Å². The summed E-state index contributed by atoms with van der Waals surface area (Å²) in [5.41, 5.74) is 3.07. The minimum atomic E-state index is -3.71. The number of sulfone groups is 2. The quantitative estimate of drug-likeness (QED) is 0.102. The molecule has 1 unspecified atom stereocenters. The minimum absolute atomic E-state index is 0.174. The van der Waals surface area contributed by atoms with E-state index in [1.165, 1.54) is 12.1 Å². The summed E-state index contributed by atoms with van der Waals surface area (Å²) < 4.78 is 65.6. The van der Waals surface area contributed by atoms with Gasteiger partial charge in [0.1, 0.15) is 22.8 Å². The van der Waals surface area contributed by atoms with Crippen LogP contribution in [0, 0.1) is 0 Å². The monoisotopic (exact) mass is 812 g/mol. The van der Waals surface area contributed by atoms with Crippen LogP contribution in [0.2, 0.25) is 5.02 Å². The molecule has 0 N–H and O–H groups in total. The van der Waals surface area contributed by atoms with Crippen molar-refractivity contribution in [1.29, 1.82) is 0 Å². The molecule has 55 heavy (non-hydrogen) atoms. The molecule has 0 aliphatic carbocycles. The maximum atomic E-state index is 13.3. The largest absolute Gasteiger partial charge is 0.483 e. The Kier molecular flexibility index (Phi) is 11.8. The smallest absolute Gasteiger partial charge is 0.206 e. The summed E-state index contributed by atoms with van der Waals surface area (Å²) in [7, 11) is -7.40. The first-order valence-electron chi connectivity index (χ1n) is 18.0. The van der Waals surface area contributed by atoms with Gasteiger partial charge in [0.25, 0.3) is 0 Å². The third-order valence-corrected chi connectivity index (χ3v) is 14.4. The second kappa shape index (κ2) is 16.2. The molecule has 6 rings (SSSR count). The van der Waals surface area contributed by atoms with E-state index in [0.29, 0.717) is 35.1 Å². The first kappa shape index (κ1) is 40.1. The number of hydrogen-bond donors (Lipinski definition) is 0. The van der Waals surface area contributed by atoms with Crippen LogP contribution in [-0.2, 0) is 30.1 Å². The van der Waals surface area contributed by atoms with Crippen LogP contribution in [0.25, 0.3) is 11.1 Å². The molecule has 10 heteroatoms. The number of hydrogen-bond acceptors (Lipinski definition) is 6. The van der Waals surface area contributed by atoms with Crippen LogP contribution in [-0.4, -0.2) is 16.8 Å². The van der Waals surface area contributed by atoms with E-state index in [4.69, 9.17) is 32.7 Å². The third kappa shape index (κ3) is 8.63. The molecule has 0 fully saturated rings. The predicted molar refractivity (Wildman–Crippen MR) is 220 cm³/mol. The van der Waals surface area contributed by atoms with Gasteiger partial charge in [-0.3, -0.25) is 0 Å². The number of alkyl halides is 1. The fourth-order valence-corrected chi connectivity index (χ4v) is 9.12. The lowest BCUT2D eigenvalue weighted by Crippen LogP contribution is -2.31. The molecule has 0 amide bonds. The van der Waals surface area contributed by atoms with Crippen molar-refractivity contribution in [2.45, 2.75) is 77.0 Å². The summed E-state index contributed by atoms with van der Waals surface area (Å²) >= 11 is 12.5. The first-order chi connectivity index (χ1) is 26.2. The second-order valence-electron chi connectivity index (χ2n) is 13.5. The highest BCUT2D eigenvalue weighted by molar-refractivity contribution is 7.91. The maximum absolute atomic E-state index is 13.3. The van der Waals surface area contributed by atoms with E-state index >= 15 is 0 Å². The van der Waals surface area contributed by atoms with Crippen LogP contribution in [0.5, 0.6) is 17.2 Å². The zero-order valence-electron chi connectivity index (χ0n) is 31.0. The highest BCUT2D eigenvalue weighted by Crippen LogP contribution is 2.37. The fourth-order valence-electron chi connectivity index (χ4n) is 6.35. The molecule has 0 saturated carbocycles.